The number of hydrogen-bond acceptors (Lipinski definition) is 4. The van der Waals surface area contributed by atoms with Gasteiger partial charge < -0.3 is 9.47 Å². The Kier molecular flexibility index (Phi) is 9.96. The molecule has 0 spiro atoms. The van der Waals surface area contributed by atoms with Crippen molar-refractivity contribution < 1.29 is 14.3 Å². The van der Waals surface area contributed by atoms with Gasteiger partial charge in [-0.05, 0) is 46.5 Å². The van der Waals surface area contributed by atoms with Crippen LogP contribution in [-0.4, -0.2) is 23.8 Å². The molecule has 0 saturated carbocycles. The average Bonchev–Trinajstić information content (AvgIpc) is 3.02. The van der Waals surface area contributed by atoms with Crippen molar-refractivity contribution in [2.45, 2.75) is 19.7 Å². The largest absolute Gasteiger partial charge is 0.492 e. The van der Waals surface area contributed by atoms with Crippen LogP contribution >= 0.6 is 0 Å². The van der Waals surface area contributed by atoms with Gasteiger partial charge in [0.2, 0.25) is 0 Å². The van der Waals surface area contributed by atoms with Crippen LogP contribution in [0.25, 0.3) is 0 Å². The second kappa shape index (κ2) is 14.6. The predicted molar refractivity (Wildman–Crippen MR) is 164 cm³/mol. The Morgan fingerprint density at radius 2 is 1.15 bits per heavy atom. The van der Waals surface area contributed by atoms with Gasteiger partial charge in [0.15, 0.2) is 5.78 Å². The topological polar surface area (TPSA) is 38.8 Å². The molecule has 1 radical (unpaired) electrons. The summed E-state index contributed by atoms with van der Waals surface area (Å²) in [5.41, 5.74) is 5.01. The summed E-state index contributed by atoms with van der Waals surface area (Å²) in [6.07, 6.45) is 1.63. The fraction of sp³-hybridized carbons (Fsp3) is 0.135. The molecule has 5 aromatic carbocycles. The minimum Gasteiger partial charge on any atom is -0.492 e. The molecule has 5 aromatic rings. The van der Waals surface area contributed by atoms with Crippen LogP contribution in [0.4, 0.5) is 0 Å². The maximum atomic E-state index is 13.1. The normalized spacial score (nSPS) is 10.9. The van der Waals surface area contributed by atoms with E-state index in [0.717, 1.165) is 36.5 Å². The van der Waals surface area contributed by atoms with E-state index in [9.17, 15) is 4.79 Å². The number of benzene rings is 5. The van der Waals surface area contributed by atoms with Crippen molar-refractivity contribution in [1.82, 2.24) is 4.90 Å². The van der Waals surface area contributed by atoms with Crippen molar-refractivity contribution in [2.24, 2.45) is 0 Å². The Hall–Kier alpha value is -4.67. The van der Waals surface area contributed by atoms with Crippen molar-refractivity contribution in [1.29, 1.82) is 0 Å². The molecule has 0 aliphatic carbocycles. The number of nitrogens with zero attached hydrogens (tertiary/aromatic N) is 1. The molecule has 0 aromatic heterocycles. The van der Waals surface area contributed by atoms with Gasteiger partial charge in [0.05, 0.1) is 6.42 Å². The first-order chi connectivity index (χ1) is 20.2. The Morgan fingerprint density at radius 1 is 0.585 bits per heavy atom. The van der Waals surface area contributed by atoms with Crippen LogP contribution < -0.4 is 9.47 Å². The number of Topliss-reactive ketones (excluding diaryl/α,β-unsaturated/α-hetero) is 1. The smallest absolute Gasteiger partial charge is 0.171 e. The molecule has 0 aliphatic heterocycles. The van der Waals surface area contributed by atoms with Crippen LogP contribution in [0.15, 0.2) is 140 Å². The van der Waals surface area contributed by atoms with Gasteiger partial charge in [0, 0.05) is 25.2 Å². The van der Waals surface area contributed by atoms with Crippen LogP contribution in [0.3, 0.4) is 0 Å². The number of hydrogen-bond donors (Lipinski definition) is 0. The van der Waals surface area contributed by atoms with Crippen molar-refractivity contribution >= 4 is 5.78 Å². The average molecular weight is 541 g/mol. The summed E-state index contributed by atoms with van der Waals surface area (Å²) < 4.78 is 12.0. The SMILES string of the molecule is O=C([CH]c1cccc(OCc2ccccc2)c1)c1cccc(OCCN(Cc2ccccc2)Cc2ccccc2)c1. The summed E-state index contributed by atoms with van der Waals surface area (Å²) in [5, 5.41) is 0. The zero-order valence-corrected chi connectivity index (χ0v) is 23.1. The van der Waals surface area contributed by atoms with E-state index in [1.807, 2.05) is 91.0 Å². The summed E-state index contributed by atoms with van der Waals surface area (Å²) in [6, 6.07) is 45.9. The molecule has 41 heavy (non-hydrogen) atoms. The number of ether oxygens (including phenoxy) is 2. The molecule has 205 valence electrons. The molecular weight excluding hydrogens is 506 g/mol. The summed E-state index contributed by atoms with van der Waals surface area (Å²) in [6.45, 7) is 3.42. The van der Waals surface area contributed by atoms with Gasteiger partial charge in [0.1, 0.15) is 24.7 Å². The second-order valence-electron chi connectivity index (χ2n) is 9.91. The van der Waals surface area contributed by atoms with Crippen molar-refractivity contribution in [2.75, 3.05) is 13.2 Å². The molecule has 0 bridgehead atoms. The lowest BCUT2D eigenvalue weighted by Crippen LogP contribution is -2.27. The number of rotatable bonds is 14. The number of carbonyl (C=O) groups is 1. The molecule has 0 atom stereocenters. The summed E-state index contributed by atoms with van der Waals surface area (Å²) in [5.74, 6) is 1.33. The van der Waals surface area contributed by atoms with Gasteiger partial charge in [-0.1, -0.05) is 115 Å². The molecule has 0 saturated heterocycles. The molecule has 4 nitrogen and oxygen atoms in total. The Bertz CT molecular complexity index is 1460. The van der Waals surface area contributed by atoms with E-state index in [4.69, 9.17) is 9.47 Å². The second-order valence-corrected chi connectivity index (χ2v) is 9.91. The highest BCUT2D eigenvalue weighted by atomic mass is 16.5. The van der Waals surface area contributed by atoms with Gasteiger partial charge in [-0.15, -0.1) is 0 Å². The minimum absolute atomic E-state index is 0.0783. The molecule has 0 N–H and O–H groups in total. The highest BCUT2D eigenvalue weighted by Gasteiger charge is 2.11. The standard InChI is InChI=1S/C37H34NO3/c39-37(25-33-18-10-20-35(24-33)41-29-32-16-8-3-9-17-32)34-19-11-21-36(26-34)40-23-22-38(27-30-12-4-1-5-13-30)28-31-14-6-2-7-15-31/h1-21,24-26H,22-23,27-29H2. The zero-order valence-electron chi connectivity index (χ0n) is 23.1. The van der Waals surface area contributed by atoms with E-state index < -0.39 is 0 Å². The Labute approximate surface area is 242 Å². The number of ketones is 1. The quantitative estimate of drug-likeness (QED) is 0.135. The lowest BCUT2D eigenvalue weighted by atomic mass is 10.0. The van der Waals surface area contributed by atoms with E-state index in [1.165, 1.54) is 11.1 Å². The maximum absolute atomic E-state index is 13.1. The molecule has 0 aliphatic rings. The van der Waals surface area contributed by atoms with Crippen LogP contribution in [-0.2, 0) is 19.7 Å². The third-order valence-electron chi connectivity index (χ3n) is 6.70. The summed E-state index contributed by atoms with van der Waals surface area (Å²) >= 11 is 0. The van der Waals surface area contributed by atoms with E-state index in [-0.39, 0.29) is 5.78 Å². The van der Waals surface area contributed by atoms with E-state index in [1.54, 1.807) is 6.42 Å². The fourth-order valence-electron chi connectivity index (χ4n) is 4.60. The predicted octanol–water partition coefficient (Wildman–Crippen LogP) is 7.78. The third-order valence-corrected chi connectivity index (χ3v) is 6.70. The van der Waals surface area contributed by atoms with Gasteiger partial charge in [-0.3, -0.25) is 9.69 Å². The number of carbonyl (C=O) groups excluding carboxylic acids is 1. The van der Waals surface area contributed by atoms with Crippen molar-refractivity contribution in [3.05, 3.63) is 174 Å². The van der Waals surface area contributed by atoms with Crippen LogP contribution in [0.5, 0.6) is 11.5 Å². The summed E-state index contributed by atoms with van der Waals surface area (Å²) in [7, 11) is 0. The van der Waals surface area contributed by atoms with Crippen LogP contribution in [0, 0.1) is 6.42 Å². The molecule has 0 fully saturated rings. The molecule has 4 heteroatoms. The zero-order chi connectivity index (χ0) is 28.1. The lowest BCUT2D eigenvalue weighted by molar-refractivity contribution is 0.103. The van der Waals surface area contributed by atoms with E-state index >= 15 is 0 Å². The van der Waals surface area contributed by atoms with Gasteiger partial charge >= 0.3 is 0 Å². The molecule has 5 rings (SSSR count). The summed E-state index contributed by atoms with van der Waals surface area (Å²) in [4.78, 5) is 15.5. The lowest BCUT2D eigenvalue weighted by Gasteiger charge is -2.23. The van der Waals surface area contributed by atoms with Gasteiger partial charge in [0.25, 0.3) is 0 Å². The first-order valence-electron chi connectivity index (χ1n) is 13.9. The highest BCUT2D eigenvalue weighted by Crippen LogP contribution is 2.20. The van der Waals surface area contributed by atoms with E-state index in [2.05, 4.69) is 53.4 Å². The Balaban J connectivity index is 1.16. The fourth-order valence-corrected chi connectivity index (χ4v) is 4.60. The van der Waals surface area contributed by atoms with E-state index in [0.29, 0.717) is 24.5 Å². The van der Waals surface area contributed by atoms with Crippen LogP contribution in [0.2, 0.25) is 0 Å². The van der Waals surface area contributed by atoms with Crippen molar-refractivity contribution in [3.63, 3.8) is 0 Å². The first-order valence-corrected chi connectivity index (χ1v) is 13.9. The molecule has 0 unspecified atom stereocenters. The van der Waals surface area contributed by atoms with Crippen LogP contribution in [0.1, 0.15) is 32.6 Å². The van der Waals surface area contributed by atoms with Crippen molar-refractivity contribution in [3.8, 4) is 11.5 Å². The maximum Gasteiger partial charge on any atom is 0.171 e. The first kappa shape index (κ1) is 27.9. The van der Waals surface area contributed by atoms with Gasteiger partial charge in [-0.2, -0.15) is 0 Å². The third kappa shape index (κ3) is 8.92. The van der Waals surface area contributed by atoms with Gasteiger partial charge in [-0.25, -0.2) is 0 Å². The molecular formula is C37H34NO3. The highest BCUT2D eigenvalue weighted by molar-refractivity contribution is 6.04. The monoisotopic (exact) mass is 540 g/mol. The Morgan fingerprint density at radius 3 is 1.78 bits per heavy atom. The molecule has 0 amide bonds. The minimum atomic E-state index is -0.0783. The molecule has 0 heterocycles.